The summed E-state index contributed by atoms with van der Waals surface area (Å²) in [6.07, 6.45) is -0.000396. The van der Waals surface area contributed by atoms with E-state index in [1.165, 1.54) is 0 Å². The third kappa shape index (κ3) is 3.46. The lowest BCUT2D eigenvalue weighted by atomic mass is 10.1. The van der Waals surface area contributed by atoms with E-state index < -0.39 is 11.7 Å². The summed E-state index contributed by atoms with van der Waals surface area (Å²) in [4.78, 5) is 11.5. The van der Waals surface area contributed by atoms with Gasteiger partial charge < -0.3 is 24.6 Å². The van der Waals surface area contributed by atoms with Crippen LogP contribution in [-0.4, -0.2) is 30.1 Å². The molecule has 1 aliphatic heterocycles. The predicted molar refractivity (Wildman–Crippen MR) is 72.2 cm³/mol. The molecule has 1 aromatic carbocycles. The SMILES string of the molecule is CC(C)(C)OC(=O)NCCc1ccc2c(c1O)OCO2. The Morgan fingerprint density at radius 2 is 2.15 bits per heavy atom. The first-order chi connectivity index (χ1) is 9.37. The van der Waals surface area contributed by atoms with Gasteiger partial charge in [0.2, 0.25) is 12.5 Å². The van der Waals surface area contributed by atoms with Crippen molar-refractivity contribution in [3.63, 3.8) is 0 Å². The molecule has 0 saturated heterocycles. The van der Waals surface area contributed by atoms with Gasteiger partial charge >= 0.3 is 6.09 Å². The van der Waals surface area contributed by atoms with Crippen LogP contribution < -0.4 is 14.8 Å². The monoisotopic (exact) mass is 281 g/mol. The van der Waals surface area contributed by atoms with E-state index in [-0.39, 0.29) is 12.5 Å². The number of benzene rings is 1. The zero-order chi connectivity index (χ0) is 14.8. The number of rotatable bonds is 3. The van der Waals surface area contributed by atoms with Crippen molar-refractivity contribution < 1.29 is 24.1 Å². The molecule has 0 aliphatic carbocycles. The van der Waals surface area contributed by atoms with Gasteiger partial charge in [-0.25, -0.2) is 4.79 Å². The fourth-order valence-corrected chi connectivity index (χ4v) is 1.81. The van der Waals surface area contributed by atoms with Gasteiger partial charge in [0.1, 0.15) is 5.60 Å². The molecule has 1 aromatic rings. The van der Waals surface area contributed by atoms with Crippen LogP contribution in [0.15, 0.2) is 12.1 Å². The lowest BCUT2D eigenvalue weighted by Crippen LogP contribution is -2.33. The van der Waals surface area contributed by atoms with Gasteiger partial charge in [-0.3, -0.25) is 0 Å². The molecule has 0 radical (unpaired) electrons. The number of carbonyl (C=O) groups excluding carboxylic acids is 1. The number of hydrogen-bond donors (Lipinski definition) is 2. The molecule has 6 heteroatoms. The summed E-state index contributed by atoms with van der Waals surface area (Å²) in [5.41, 5.74) is 0.163. The van der Waals surface area contributed by atoms with Gasteiger partial charge in [0.05, 0.1) is 0 Å². The normalized spacial score (nSPS) is 13.2. The molecule has 0 fully saturated rings. The maximum absolute atomic E-state index is 11.5. The summed E-state index contributed by atoms with van der Waals surface area (Å²) >= 11 is 0. The number of aromatic hydroxyl groups is 1. The van der Waals surface area contributed by atoms with Crippen molar-refractivity contribution in [2.75, 3.05) is 13.3 Å². The number of phenols is 1. The fourth-order valence-electron chi connectivity index (χ4n) is 1.81. The highest BCUT2D eigenvalue weighted by Gasteiger charge is 2.20. The number of phenolic OH excluding ortho intramolecular Hbond substituents is 1. The van der Waals surface area contributed by atoms with E-state index in [1.54, 1.807) is 32.9 Å². The van der Waals surface area contributed by atoms with Gasteiger partial charge in [-0.1, -0.05) is 6.07 Å². The molecule has 110 valence electrons. The molecule has 20 heavy (non-hydrogen) atoms. The Morgan fingerprint density at radius 1 is 1.40 bits per heavy atom. The number of carbonyl (C=O) groups is 1. The average molecular weight is 281 g/mol. The third-order valence-electron chi connectivity index (χ3n) is 2.66. The van der Waals surface area contributed by atoms with Gasteiger partial charge in [-0.05, 0) is 38.8 Å². The quantitative estimate of drug-likeness (QED) is 0.888. The fraction of sp³-hybridized carbons (Fsp3) is 0.500. The lowest BCUT2D eigenvalue weighted by Gasteiger charge is -2.19. The second kappa shape index (κ2) is 5.48. The molecular formula is C14H19NO5. The molecule has 2 rings (SSSR count). The Bertz CT molecular complexity index is 507. The zero-order valence-electron chi connectivity index (χ0n) is 11.9. The molecular weight excluding hydrogens is 262 g/mol. The Balaban J connectivity index is 1.88. The van der Waals surface area contributed by atoms with Crippen molar-refractivity contribution in [3.8, 4) is 17.2 Å². The minimum Gasteiger partial charge on any atom is -0.504 e. The summed E-state index contributed by atoms with van der Waals surface area (Å²) in [5, 5.41) is 12.7. The van der Waals surface area contributed by atoms with Crippen LogP contribution in [0.5, 0.6) is 17.2 Å². The second-order valence-corrected chi connectivity index (χ2v) is 5.49. The van der Waals surface area contributed by atoms with Crippen LogP contribution in [0.25, 0.3) is 0 Å². The van der Waals surface area contributed by atoms with E-state index in [9.17, 15) is 9.90 Å². The van der Waals surface area contributed by atoms with Crippen molar-refractivity contribution in [2.45, 2.75) is 32.8 Å². The Labute approximate surface area is 117 Å². The average Bonchev–Trinajstić information content (AvgIpc) is 2.78. The van der Waals surface area contributed by atoms with Crippen LogP contribution >= 0.6 is 0 Å². The van der Waals surface area contributed by atoms with Crippen LogP contribution in [-0.2, 0) is 11.2 Å². The van der Waals surface area contributed by atoms with Gasteiger partial charge in [-0.2, -0.15) is 0 Å². The zero-order valence-corrected chi connectivity index (χ0v) is 11.9. The molecule has 0 saturated carbocycles. The summed E-state index contributed by atoms with van der Waals surface area (Å²) in [5.74, 6) is 0.956. The topological polar surface area (TPSA) is 77.0 Å². The van der Waals surface area contributed by atoms with Crippen molar-refractivity contribution >= 4 is 6.09 Å². The van der Waals surface area contributed by atoms with E-state index >= 15 is 0 Å². The number of ether oxygens (including phenoxy) is 3. The molecule has 1 heterocycles. The molecule has 0 spiro atoms. The van der Waals surface area contributed by atoms with E-state index in [0.29, 0.717) is 30.0 Å². The molecule has 0 unspecified atom stereocenters. The summed E-state index contributed by atoms with van der Waals surface area (Å²) in [6, 6.07) is 3.49. The first-order valence-electron chi connectivity index (χ1n) is 6.44. The van der Waals surface area contributed by atoms with Crippen LogP contribution in [0, 0.1) is 0 Å². The summed E-state index contributed by atoms with van der Waals surface area (Å²) in [7, 11) is 0. The van der Waals surface area contributed by atoms with Crippen molar-refractivity contribution in [1.29, 1.82) is 0 Å². The van der Waals surface area contributed by atoms with Crippen molar-refractivity contribution in [1.82, 2.24) is 5.32 Å². The van der Waals surface area contributed by atoms with E-state index in [0.717, 1.165) is 0 Å². The summed E-state index contributed by atoms with van der Waals surface area (Å²) < 4.78 is 15.5. The number of fused-ring (bicyclic) bond motifs is 1. The first-order valence-corrected chi connectivity index (χ1v) is 6.44. The largest absolute Gasteiger partial charge is 0.504 e. The Hall–Kier alpha value is -2.11. The Morgan fingerprint density at radius 3 is 2.85 bits per heavy atom. The molecule has 1 amide bonds. The number of alkyl carbamates (subject to hydrolysis) is 1. The highest BCUT2D eigenvalue weighted by Crippen LogP contribution is 2.42. The van der Waals surface area contributed by atoms with E-state index in [1.807, 2.05) is 0 Å². The van der Waals surface area contributed by atoms with Gasteiger partial charge in [-0.15, -0.1) is 0 Å². The first kappa shape index (κ1) is 14.3. The van der Waals surface area contributed by atoms with Crippen molar-refractivity contribution in [3.05, 3.63) is 17.7 Å². The number of amides is 1. The van der Waals surface area contributed by atoms with Crippen LogP contribution in [0.1, 0.15) is 26.3 Å². The minimum atomic E-state index is -0.523. The molecule has 1 aliphatic rings. The molecule has 2 N–H and O–H groups in total. The lowest BCUT2D eigenvalue weighted by molar-refractivity contribution is 0.0528. The molecule has 0 bridgehead atoms. The van der Waals surface area contributed by atoms with Crippen LogP contribution in [0.4, 0.5) is 4.79 Å². The summed E-state index contributed by atoms with van der Waals surface area (Å²) in [6.45, 7) is 5.88. The molecule has 0 aromatic heterocycles. The van der Waals surface area contributed by atoms with Crippen molar-refractivity contribution in [2.24, 2.45) is 0 Å². The Kier molecular flexibility index (Phi) is 3.92. The van der Waals surface area contributed by atoms with Gasteiger partial charge in [0.25, 0.3) is 0 Å². The smallest absolute Gasteiger partial charge is 0.407 e. The third-order valence-corrected chi connectivity index (χ3v) is 2.66. The maximum atomic E-state index is 11.5. The van der Waals surface area contributed by atoms with Crippen LogP contribution in [0.2, 0.25) is 0 Å². The van der Waals surface area contributed by atoms with E-state index in [2.05, 4.69) is 5.32 Å². The van der Waals surface area contributed by atoms with Crippen LogP contribution in [0.3, 0.4) is 0 Å². The molecule has 6 nitrogen and oxygen atoms in total. The van der Waals surface area contributed by atoms with Gasteiger partial charge in [0, 0.05) is 6.54 Å². The minimum absolute atomic E-state index is 0.0611. The highest BCUT2D eigenvalue weighted by molar-refractivity contribution is 5.67. The van der Waals surface area contributed by atoms with E-state index in [4.69, 9.17) is 14.2 Å². The standard InChI is InChI=1S/C14H19NO5/c1-14(2,3)20-13(17)15-7-6-9-4-5-10-12(11(9)16)19-8-18-10/h4-5,16H,6-8H2,1-3H3,(H,15,17). The maximum Gasteiger partial charge on any atom is 0.407 e. The van der Waals surface area contributed by atoms with Gasteiger partial charge in [0.15, 0.2) is 11.5 Å². The second-order valence-electron chi connectivity index (χ2n) is 5.49. The number of nitrogens with one attached hydrogen (secondary N) is 1. The molecule has 0 atom stereocenters. The highest BCUT2D eigenvalue weighted by atomic mass is 16.7. The predicted octanol–water partition coefficient (Wildman–Crippen LogP) is 2.19. The number of hydrogen-bond acceptors (Lipinski definition) is 5.